The Bertz CT molecular complexity index is 1390. The van der Waals surface area contributed by atoms with Crippen molar-refractivity contribution in [3.8, 4) is 11.9 Å². The van der Waals surface area contributed by atoms with Crippen molar-refractivity contribution in [3.63, 3.8) is 0 Å². The van der Waals surface area contributed by atoms with Gasteiger partial charge in [0.15, 0.2) is 17.3 Å². The van der Waals surface area contributed by atoms with Crippen LogP contribution in [0.5, 0.6) is 5.88 Å². The minimum absolute atomic E-state index is 0.0683. The smallest absolute Gasteiger partial charge is 0.271 e. The summed E-state index contributed by atoms with van der Waals surface area (Å²) in [4.78, 5) is 37.9. The van der Waals surface area contributed by atoms with Crippen LogP contribution in [0.2, 0.25) is 0 Å². The SMILES string of the molecule is Cc1c(/N=N/c2cccc3c2C(=O)c2ccccc2C3=O)c(O)n(C)c(=O)c1C#N. The maximum Gasteiger partial charge on any atom is 0.271 e. The first-order chi connectivity index (χ1) is 14.4. The molecule has 146 valence electrons. The predicted octanol–water partition coefficient (Wildman–Crippen LogP) is 3.46. The van der Waals surface area contributed by atoms with Gasteiger partial charge in [0.2, 0.25) is 5.88 Å². The number of carbonyl (C=O) groups is 2. The summed E-state index contributed by atoms with van der Waals surface area (Å²) in [7, 11) is 1.31. The van der Waals surface area contributed by atoms with Crippen LogP contribution in [0.3, 0.4) is 0 Å². The number of ketones is 2. The van der Waals surface area contributed by atoms with Crippen molar-refractivity contribution in [1.82, 2.24) is 4.57 Å². The highest BCUT2D eigenvalue weighted by Crippen LogP contribution is 2.36. The van der Waals surface area contributed by atoms with Crippen molar-refractivity contribution >= 4 is 22.9 Å². The Morgan fingerprint density at radius 3 is 2.23 bits per heavy atom. The number of aromatic nitrogens is 1. The Morgan fingerprint density at radius 1 is 0.933 bits per heavy atom. The van der Waals surface area contributed by atoms with Crippen LogP contribution in [0.4, 0.5) is 11.4 Å². The second-order valence-corrected chi connectivity index (χ2v) is 6.75. The van der Waals surface area contributed by atoms with Crippen LogP contribution in [0, 0.1) is 18.3 Å². The predicted molar refractivity (Wildman–Crippen MR) is 107 cm³/mol. The van der Waals surface area contributed by atoms with Gasteiger partial charge in [-0.2, -0.15) is 5.26 Å². The molecule has 0 amide bonds. The topological polar surface area (TPSA) is 125 Å². The van der Waals surface area contributed by atoms with E-state index in [2.05, 4.69) is 10.2 Å². The molecular weight excluding hydrogens is 384 g/mol. The van der Waals surface area contributed by atoms with Crippen molar-refractivity contribution in [3.05, 3.63) is 86.2 Å². The first-order valence-electron chi connectivity index (χ1n) is 8.92. The zero-order valence-corrected chi connectivity index (χ0v) is 16.0. The van der Waals surface area contributed by atoms with Gasteiger partial charge in [-0.25, -0.2) is 0 Å². The summed E-state index contributed by atoms with van der Waals surface area (Å²) in [5.74, 6) is -1.10. The Labute approximate surface area is 170 Å². The van der Waals surface area contributed by atoms with Gasteiger partial charge >= 0.3 is 0 Å². The lowest BCUT2D eigenvalue weighted by Crippen LogP contribution is -2.21. The number of carbonyl (C=O) groups excluding carboxylic acids is 2. The van der Waals surface area contributed by atoms with Gasteiger partial charge in [-0.15, -0.1) is 10.2 Å². The number of hydrogen-bond donors (Lipinski definition) is 1. The number of nitrogens with zero attached hydrogens (tertiary/aromatic N) is 4. The summed E-state index contributed by atoms with van der Waals surface area (Å²) in [6.07, 6.45) is 0. The molecule has 8 nitrogen and oxygen atoms in total. The van der Waals surface area contributed by atoms with Gasteiger partial charge in [-0.3, -0.25) is 19.0 Å². The molecule has 0 radical (unpaired) electrons. The third kappa shape index (κ3) is 2.64. The highest BCUT2D eigenvalue weighted by atomic mass is 16.3. The summed E-state index contributed by atoms with van der Waals surface area (Å²) in [6, 6.07) is 13.0. The molecule has 0 fully saturated rings. The lowest BCUT2D eigenvalue weighted by molar-refractivity contribution is 0.0979. The number of fused-ring (bicyclic) bond motifs is 2. The van der Waals surface area contributed by atoms with Crippen molar-refractivity contribution in [2.75, 3.05) is 0 Å². The molecule has 0 bridgehead atoms. The molecule has 8 heteroatoms. The van der Waals surface area contributed by atoms with Crippen LogP contribution in [-0.2, 0) is 7.05 Å². The number of benzene rings is 2. The molecule has 0 atom stereocenters. The van der Waals surface area contributed by atoms with Gasteiger partial charge in [0.25, 0.3) is 5.56 Å². The van der Waals surface area contributed by atoms with Gasteiger partial charge in [-0.1, -0.05) is 36.4 Å². The molecule has 1 aliphatic rings. The third-order valence-electron chi connectivity index (χ3n) is 5.08. The van der Waals surface area contributed by atoms with Gasteiger partial charge in [0.05, 0.1) is 11.3 Å². The Kier molecular flexibility index (Phi) is 4.36. The summed E-state index contributed by atoms with van der Waals surface area (Å²) in [5.41, 5.74) is 0.370. The molecule has 0 saturated heterocycles. The number of rotatable bonds is 2. The van der Waals surface area contributed by atoms with E-state index in [1.54, 1.807) is 42.5 Å². The number of hydrogen-bond acceptors (Lipinski definition) is 7. The summed E-state index contributed by atoms with van der Waals surface area (Å²) in [6.45, 7) is 1.47. The second kappa shape index (κ2) is 6.90. The van der Waals surface area contributed by atoms with Crippen molar-refractivity contribution in [2.45, 2.75) is 6.92 Å². The summed E-state index contributed by atoms with van der Waals surface area (Å²) < 4.78 is 0.894. The summed E-state index contributed by atoms with van der Waals surface area (Å²) >= 11 is 0. The molecule has 30 heavy (non-hydrogen) atoms. The minimum Gasteiger partial charge on any atom is -0.493 e. The molecule has 1 aromatic heterocycles. The van der Waals surface area contributed by atoms with Gasteiger partial charge in [-0.05, 0) is 13.0 Å². The molecule has 0 saturated carbocycles. The lowest BCUT2D eigenvalue weighted by Gasteiger charge is -2.18. The molecule has 1 N–H and O–H groups in total. The first-order valence-corrected chi connectivity index (χ1v) is 8.92. The van der Waals surface area contributed by atoms with Crippen LogP contribution in [0.15, 0.2) is 57.5 Å². The Balaban J connectivity index is 1.89. The van der Waals surface area contributed by atoms with E-state index in [1.165, 1.54) is 20.0 Å². The van der Waals surface area contributed by atoms with E-state index in [1.807, 2.05) is 0 Å². The molecule has 1 heterocycles. The molecule has 3 aromatic rings. The van der Waals surface area contributed by atoms with Gasteiger partial charge < -0.3 is 5.11 Å². The normalized spacial score (nSPS) is 12.6. The Morgan fingerprint density at radius 2 is 1.57 bits per heavy atom. The minimum atomic E-state index is -0.652. The molecule has 0 spiro atoms. The molecule has 4 rings (SSSR count). The zero-order chi connectivity index (χ0) is 21.6. The molecule has 0 aliphatic heterocycles. The number of aromatic hydroxyl groups is 1. The standard InChI is InChI=1S/C22H14N4O4/c1-11-15(10-23)21(29)26(2)22(30)18(11)25-24-16-9-5-8-14-17(16)20(28)13-7-4-3-6-12(13)19(14)27/h3-9,30H,1-2H3/b25-24+. The highest BCUT2D eigenvalue weighted by Gasteiger charge is 2.31. The van der Waals surface area contributed by atoms with E-state index < -0.39 is 11.4 Å². The third-order valence-corrected chi connectivity index (χ3v) is 5.08. The first kappa shape index (κ1) is 19.0. The molecule has 1 aliphatic carbocycles. The van der Waals surface area contributed by atoms with Crippen LogP contribution in [-0.4, -0.2) is 21.2 Å². The van der Waals surface area contributed by atoms with Gasteiger partial charge in [0.1, 0.15) is 11.6 Å². The number of azo groups is 1. The number of nitriles is 1. The van der Waals surface area contributed by atoms with E-state index in [0.717, 1.165) is 4.57 Å². The van der Waals surface area contributed by atoms with E-state index >= 15 is 0 Å². The van der Waals surface area contributed by atoms with E-state index in [-0.39, 0.29) is 50.8 Å². The molecule has 2 aromatic carbocycles. The van der Waals surface area contributed by atoms with Crippen LogP contribution in [0.1, 0.15) is 43.0 Å². The van der Waals surface area contributed by atoms with Gasteiger partial charge in [0, 0.05) is 29.3 Å². The fourth-order valence-corrected chi connectivity index (χ4v) is 3.43. The maximum absolute atomic E-state index is 13.0. The monoisotopic (exact) mass is 398 g/mol. The van der Waals surface area contributed by atoms with E-state index in [4.69, 9.17) is 0 Å². The largest absolute Gasteiger partial charge is 0.493 e. The molecular formula is C22H14N4O4. The quantitative estimate of drug-likeness (QED) is 0.518. The molecule has 0 unspecified atom stereocenters. The van der Waals surface area contributed by atoms with E-state index in [9.17, 15) is 24.8 Å². The fourth-order valence-electron chi connectivity index (χ4n) is 3.43. The van der Waals surface area contributed by atoms with Crippen molar-refractivity contribution in [1.29, 1.82) is 5.26 Å². The summed E-state index contributed by atoms with van der Waals surface area (Å²) in [5, 5.41) is 27.6. The highest BCUT2D eigenvalue weighted by molar-refractivity contribution is 6.29. The second-order valence-electron chi connectivity index (χ2n) is 6.75. The fraction of sp³-hybridized carbons (Fsp3) is 0.0909. The number of pyridine rings is 1. The van der Waals surface area contributed by atoms with Crippen LogP contribution < -0.4 is 5.56 Å². The Hall–Kier alpha value is -4.38. The van der Waals surface area contributed by atoms with Crippen molar-refractivity contribution in [2.24, 2.45) is 17.3 Å². The van der Waals surface area contributed by atoms with Crippen LogP contribution >= 0.6 is 0 Å². The maximum atomic E-state index is 13.0. The zero-order valence-electron chi connectivity index (χ0n) is 16.0. The average molecular weight is 398 g/mol. The lowest BCUT2D eigenvalue weighted by atomic mass is 9.83. The average Bonchev–Trinajstić information content (AvgIpc) is 2.76. The van der Waals surface area contributed by atoms with Crippen molar-refractivity contribution < 1.29 is 14.7 Å². The van der Waals surface area contributed by atoms with Crippen LogP contribution in [0.25, 0.3) is 0 Å². The van der Waals surface area contributed by atoms with E-state index in [0.29, 0.717) is 5.56 Å².